The molecule has 0 amide bonds. The highest BCUT2D eigenvalue weighted by Crippen LogP contribution is 2.22. The second-order valence-corrected chi connectivity index (χ2v) is 2.99. The van der Waals surface area contributed by atoms with Crippen LogP contribution in [0.5, 0.6) is 0 Å². The van der Waals surface area contributed by atoms with Crippen LogP contribution in [0.15, 0.2) is 22.8 Å². The van der Waals surface area contributed by atoms with Crippen molar-refractivity contribution in [2.45, 2.75) is 33.6 Å². The number of hydrogen-bond donors (Lipinski definition) is 0. The predicted molar refractivity (Wildman–Crippen MR) is 41.4 cm³/mol. The van der Waals surface area contributed by atoms with E-state index < -0.39 is 0 Å². The minimum atomic E-state index is 1.18. The van der Waals surface area contributed by atoms with Gasteiger partial charge in [-0.1, -0.05) is 22.8 Å². The summed E-state index contributed by atoms with van der Waals surface area (Å²) in [4.78, 5) is 0. The molecule has 0 aromatic heterocycles. The molecular formula is C9H14. The van der Waals surface area contributed by atoms with Crippen molar-refractivity contribution in [3.63, 3.8) is 0 Å². The Morgan fingerprint density at radius 3 is 2.22 bits per heavy atom. The van der Waals surface area contributed by atoms with Crippen molar-refractivity contribution in [1.82, 2.24) is 0 Å². The third kappa shape index (κ3) is 1.44. The zero-order valence-electron chi connectivity index (χ0n) is 6.49. The molecule has 1 aliphatic rings. The summed E-state index contributed by atoms with van der Waals surface area (Å²) in [5.41, 5.74) is 4.65. The Kier molecular flexibility index (Phi) is 1.75. The van der Waals surface area contributed by atoms with Crippen LogP contribution in [0.3, 0.4) is 0 Å². The summed E-state index contributed by atoms with van der Waals surface area (Å²) in [6.45, 7) is 6.65. The molecule has 0 saturated carbocycles. The predicted octanol–water partition coefficient (Wildman–Crippen LogP) is 3.06. The highest BCUT2D eigenvalue weighted by Gasteiger charge is 2.02. The molecule has 0 heteroatoms. The van der Waals surface area contributed by atoms with Gasteiger partial charge < -0.3 is 0 Å². The van der Waals surface area contributed by atoms with Gasteiger partial charge >= 0.3 is 0 Å². The normalized spacial score (nSPS) is 20.1. The van der Waals surface area contributed by atoms with Crippen molar-refractivity contribution in [2.75, 3.05) is 0 Å². The molecule has 0 radical (unpaired) electrons. The molecule has 0 aromatic rings. The lowest BCUT2D eigenvalue weighted by molar-refractivity contribution is 0.972. The smallest absolute Gasteiger partial charge is 0.0111 e. The molecule has 0 fully saturated rings. The average Bonchev–Trinajstić information content (AvgIpc) is 1.80. The first kappa shape index (κ1) is 6.60. The summed E-state index contributed by atoms with van der Waals surface area (Å²) >= 11 is 0. The van der Waals surface area contributed by atoms with Crippen molar-refractivity contribution >= 4 is 0 Å². The molecule has 50 valence electrons. The molecule has 0 aliphatic heterocycles. The maximum absolute atomic E-state index is 2.32. The molecule has 0 bridgehead atoms. The molecule has 0 saturated heterocycles. The van der Waals surface area contributed by atoms with Crippen molar-refractivity contribution in [3.8, 4) is 0 Å². The van der Waals surface area contributed by atoms with E-state index in [2.05, 4.69) is 26.8 Å². The SMILES string of the molecule is CC1=CCC(C)=C(C)C1. The molecule has 9 heavy (non-hydrogen) atoms. The van der Waals surface area contributed by atoms with Gasteiger partial charge in [-0.25, -0.2) is 0 Å². The lowest BCUT2D eigenvalue weighted by Crippen LogP contribution is -1.91. The van der Waals surface area contributed by atoms with Gasteiger partial charge in [-0.15, -0.1) is 0 Å². The molecule has 0 N–H and O–H groups in total. The van der Waals surface area contributed by atoms with Crippen LogP contribution < -0.4 is 0 Å². The molecular weight excluding hydrogens is 108 g/mol. The first-order valence-corrected chi connectivity index (χ1v) is 3.51. The van der Waals surface area contributed by atoms with Crippen molar-refractivity contribution in [2.24, 2.45) is 0 Å². The molecule has 0 aromatic carbocycles. The fraction of sp³-hybridized carbons (Fsp3) is 0.556. The van der Waals surface area contributed by atoms with Crippen LogP contribution in [-0.4, -0.2) is 0 Å². The summed E-state index contributed by atoms with van der Waals surface area (Å²) < 4.78 is 0. The summed E-state index contributed by atoms with van der Waals surface area (Å²) in [5.74, 6) is 0. The van der Waals surface area contributed by atoms with Crippen molar-refractivity contribution in [1.29, 1.82) is 0 Å². The van der Waals surface area contributed by atoms with Crippen LogP contribution in [0.25, 0.3) is 0 Å². The number of hydrogen-bond acceptors (Lipinski definition) is 0. The van der Waals surface area contributed by atoms with Crippen molar-refractivity contribution in [3.05, 3.63) is 22.8 Å². The highest BCUT2D eigenvalue weighted by atomic mass is 14.1. The topological polar surface area (TPSA) is 0 Å². The fourth-order valence-corrected chi connectivity index (χ4v) is 1.14. The van der Waals surface area contributed by atoms with Gasteiger partial charge in [0.1, 0.15) is 0 Å². The van der Waals surface area contributed by atoms with E-state index in [1.807, 2.05) is 0 Å². The quantitative estimate of drug-likeness (QED) is 0.433. The first-order valence-electron chi connectivity index (χ1n) is 3.51. The standard InChI is InChI=1S/C9H14/c1-7-4-5-8(2)9(3)6-7/h4H,5-6H2,1-3H3. The van der Waals surface area contributed by atoms with Crippen LogP contribution in [0.2, 0.25) is 0 Å². The number of allylic oxidation sites excluding steroid dienone is 4. The summed E-state index contributed by atoms with van der Waals surface area (Å²) in [7, 11) is 0. The van der Waals surface area contributed by atoms with Crippen LogP contribution >= 0.6 is 0 Å². The second-order valence-electron chi connectivity index (χ2n) is 2.99. The lowest BCUT2D eigenvalue weighted by atomic mass is 9.95. The maximum atomic E-state index is 2.32. The largest absolute Gasteiger partial charge is 0.0812 e. The van der Waals surface area contributed by atoms with Crippen LogP contribution in [0, 0.1) is 0 Å². The average molecular weight is 122 g/mol. The molecule has 0 heterocycles. The molecule has 0 spiro atoms. The Hall–Kier alpha value is -0.520. The van der Waals surface area contributed by atoms with E-state index in [9.17, 15) is 0 Å². The van der Waals surface area contributed by atoms with E-state index in [1.54, 1.807) is 11.1 Å². The minimum Gasteiger partial charge on any atom is -0.0812 e. The molecule has 0 unspecified atom stereocenters. The Morgan fingerprint density at radius 1 is 1.11 bits per heavy atom. The van der Waals surface area contributed by atoms with Gasteiger partial charge in [0.25, 0.3) is 0 Å². The monoisotopic (exact) mass is 122 g/mol. The Morgan fingerprint density at radius 2 is 1.78 bits per heavy atom. The van der Waals surface area contributed by atoms with Gasteiger partial charge in [-0.05, 0) is 33.6 Å². The minimum absolute atomic E-state index is 1.18. The molecule has 0 nitrogen and oxygen atoms in total. The van der Waals surface area contributed by atoms with E-state index in [0.717, 1.165) is 0 Å². The zero-order chi connectivity index (χ0) is 6.85. The third-order valence-electron chi connectivity index (χ3n) is 2.03. The van der Waals surface area contributed by atoms with Gasteiger partial charge in [-0.2, -0.15) is 0 Å². The first-order chi connectivity index (χ1) is 4.20. The highest BCUT2D eigenvalue weighted by molar-refractivity contribution is 5.25. The molecule has 1 rings (SSSR count). The van der Waals surface area contributed by atoms with Gasteiger partial charge in [0.05, 0.1) is 0 Å². The fourth-order valence-electron chi connectivity index (χ4n) is 1.14. The Bertz CT molecular complexity index is 170. The van der Waals surface area contributed by atoms with Gasteiger partial charge in [0.15, 0.2) is 0 Å². The maximum Gasteiger partial charge on any atom is -0.0111 e. The van der Waals surface area contributed by atoms with Crippen molar-refractivity contribution < 1.29 is 0 Å². The number of rotatable bonds is 0. The van der Waals surface area contributed by atoms with Gasteiger partial charge in [0, 0.05) is 0 Å². The summed E-state index contributed by atoms with van der Waals surface area (Å²) in [6, 6.07) is 0. The van der Waals surface area contributed by atoms with E-state index in [4.69, 9.17) is 0 Å². The zero-order valence-corrected chi connectivity index (χ0v) is 6.49. The van der Waals surface area contributed by atoms with E-state index in [1.165, 1.54) is 18.4 Å². The second kappa shape index (κ2) is 2.38. The van der Waals surface area contributed by atoms with Gasteiger partial charge in [-0.3, -0.25) is 0 Å². The Balaban J connectivity index is 2.70. The van der Waals surface area contributed by atoms with Crippen LogP contribution in [-0.2, 0) is 0 Å². The van der Waals surface area contributed by atoms with Crippen LogP contribution in [0.4, 0.5) is 0 Å². The van der Waals surface area contributed by atoms with Gasteiger partial charge in [0.2, 0.25) is 0 Å². The lowest BCUT2D eigenvalue weighted by Gasteiger charge is -2.12. The van der Waals surface area contributed by atoms with E-state index >= 15 is 0 Å². The van der Waals surface area contributed by atoms with Crippen LogP contribution in [0.1, 0.15) is 33.6 Å². The summed E-state index contributed by atoms with van der Waals surface area (Å²) in [5, 5.41) is 0. The molecule has 0 atom stereocenters. The van der Waals surface area contributed by atoms with E-state index in [0.29, 0.717) is 0 Å². The Labute approximate surface area is 57.3 Å². The summed E-state index contributed by atoms with van der Waals surface area (Å²) in [6.07, 6.45) is 4.70. The third-order valence-corrected chi connectivity index (χ3v) is 2.03. The molecule has 1 aliphatic carbocycles. The van der Waals surface area contributed by atoms with E-state index in [-0.39, 0.29) is 0 Å².